The van der Waals surface area contributed by atoms with Crippen molar-refractivity contribution in [2.75, 3.05) is 26.2 Å². The number of carboxylic acids is 1. The standard InChI is InChI=1S/C14H26N2O3/c1-4-15(10-13(17)18)14(19)16-8-5-6-12(7-9-16)11(2)3/h11-12H,4-10H2,1-3H3,(H,17,18). The van der Waals surface area contributed by atoms with Crippen LogP contribution in [0.5, 0.6) is 0 Å². The van der Waals surface area contributed by atoms with Crippen LogP contribution < -0.4 is 0 Å². The molecule has 0 aliphatic carbocycles. The van der Waals surface area contributed by atoms with Crippen LogP contribution in [-0.2, 0) is 4.79 Å². The summed E-state index contributed by atoms with van der Waals surface area (Å²) in [6, 6.07) is -0.130. The molecule has 0 aromatic heterocycles. The molecule has 0 bridgehead atoms. The van der Waals surface area contributed by atoms with Crippen molar-refractivity contribution in [2.45, 2.75) is 40.0 Å². The van der Waals surface area contributed by atoms with Gasteiger partial charge in [-0.15, -0.1) is 0 Å². The molecule has 0 saturated carbocycles. The van der Waals surface area contributed by atoms with Gasteiger partial charge in [-0.1, -0.05) is 13.8 Å². The molecule has 1 saturated heterocycles. The maximum atomic E-state index is 12.3. The van der Waals surface area contributed by atoms with Gasteiger partial charge in [0, 0.05) is 19.6 Å². The summed E-state index contributed by atoms with van der Waals surface area (Å²) in [7, 11) is 0. The summed E-state index contributed by atoms with van der Waals surface area (Å²) >= 11 is 0. The Morgan fingerprint density at radius 3 is 2.53 bits per heavy atom. The molecule has 1 rings (SSSR count). The van der Waals surface area contributed by atoms with E-state index in [9.17, 15) is 9.59 Å². The average molecular weight is 270 g/mol. The van der Waals surface area contributed by atoms with E-state index in [1.54, 1.807) is 0 Å². The smallest absolute Gasteiger partial charge is 0.323 e. The second-order valence-electron chi connectivity index (χ2n) is 5.61. The van der Waals surface area contributed by atoms with Crippen LogP contribution in [0.1, 0.15) is 40.0 Å². The molecular formula is C14H26N2O3. The van der Waals surface area contributed by atoms with Gasteiger partial charge >= 0.3 is 12.0 Å². The summed E-state index contributed by atoms with van der Waals surface area (Å²) in [6.45, 7) is 8.00. The first-order chi connectivity index (χ1) is 8.95. The lowest BCUT2D eigenvalue weighted by atomic mass is 9.89. The topological polar surface area (TPSA) is 60.9 Å². The quantitative estimate of drug-likeness (QED) is 0.852. The number of hydrogen-bond acceptors (Lipinski definition) is 2. The van der Waals surface area contributed by atoms with Crippen LogP contribution in [-0.4, -0.2) is 53.1 Å². The molecule has 1 aliphatic heterocycles. The highest BCUT2D eigenvalue weighted by molar-refractivity contribution is 5.80. The zero-order chi connectivity index (χ0) is 14.4. The first kappa shape index (κ1) is 15.8. The Morgan fingerprint density at radius 2 is 2.00 bits per heavy atom. The van der Waals surface area contributed by atoms with Crippen molar-refractivity contribution in [3.05, 3.63) is 0 Å². The van der Waals surface area contributed by atoms with Gasteiger partial charge < -0.3 is 14.9 Å². The Morgan fingerprint density at radius 1 is 1.32 bits per heavy atom. The minimum Gasteiger partial charge on any atom is -0.480 e. The van der Waals surface area contributed by atoms with Crippen LogP contribution in [0.2, 0.25) is 0 Å². The summed E-state index contributed by atoms with van der Waals surface area (Å²) < 4.78 is 0. The maximum absolute atomic E-state index is 12.3. The minimum atomic E-state index is -0.954. The largest absolute Gasteiger partial charge is 0.480 e. The Labute approximate surface area is 115 Å². The van der Waals surface area contributed by atoms with Crippen LogP contribution in [0.4, 0.5) is 4.79 Å². The highest BCUT2D eigenvalue weighted by atomic mass is 16.4. The van der Waals surface area contributed by atoms with Crippen molar-refractivity contribution in [1.82, 2.24) is 9.80 Å². The van der Waals surface area contributed by atoms with E-state index in [0.717, 1.165) is 32.4 Å². The summed E-state index contributed by atoms with van der Waals surface area (Å²) in [5, 5.41) is 8.82. The summed E-state index contributed by atoms with van der Waals surface area (Å²) in [6.07, 6.45) is 3.19. The third-order valence-electron chi connectivity index (χ3n) is 3.96. The number of rotatable bonds is 4. The van der Waals surface area contributed by atoms with Crippen molar-refractivity contribution < 1.29 is 14.7 Å². The van der Waals surface area contributed by atoms with Crippen LogP contribution >= 0.6 is 0 Å². The number of carboxylic acid groups (broad SMARTS) is 1. The predicted molar refractivity (Wildman–Crippen MR) is 74.0 cm³/mol. The molecule has 110 valence electrons. The van der Waals surface area contributed by atoms with Gasteiger partial charge in [0.2, 0.25) is 0 Å². The van der Waals surface area contributed by atoms with Crippen LogP contribution in [0.3, 0.4) is 0 Å². The van der Waals surface area contributed by atoms with E-state index < -0.39 is 5.97 Å². The molecule has 1 aliphatic rings. The Bertz CT molecular complexity index is 318. The number of hydrogen-bond donors (Lipinski definition) is 1. The Balaban J connectivity index is 2.59. The highest BCUT2D eigenvalue weighted by Crippen LogP contribution is 2.24. The number of carbonyl (C=O) groups is 2. The number of carbonyl (C=O) groups excluding carboxylic acids is 1. The maximum Gasteiger partial charge on any atom is 0.323 e. The highest BCUT2D eigenvalue weighted by Gasteiger charge is 2.25. The number of likely N-dealkylation sites (tertiary alicyclic amines) is 1. The zero-order valence-corrected chi connectivity index (χ0v) is 12.3. The van der Waals surface area contributed by atoms with Crippen molar-refractivity contribution in [3.8, 4) is 0 Å². The van der Waals surface area contributed by atoms with Gasteiger partial charge in [-0.3, -0.25) is 4.79 Å². The van der Waals surface area contributed by atoms with Gasteiger partial charge in [0.1, 0.15) is 6.54 Å². The predicted octanol–water partition coefficient (Wildman–Crippen LogP) is 2.27. The Hall–Kier alpha value is -1.26. The van der Waals surface area contributed by atoms with Crippen LogP contribution in [0.25, 0.3) is 0 Å². The van der Waals surface area contributed by atoms with Crippen molar-refractivity contribution in [2.24, 2.45) is 11.8 Å². The molecule has 0 aromatic rings. The van der Waals surface area contributed by atoms with Gasteiger partial charge in [-0.2, -0.15) is 0 Å². The SMILES string of the molecule is CCN(CC(=O)O)C(=O)N1CCCC(C(C)C)CC1. The molecular weight excluding hydrogens is 244 g/mol. The van der Waals surface area contributed by atoms with Crippen molar-refractivity contribution in [3.63, 3.8) is 0 Å². The van der Waals surface area contributed by atoms with E-state index in [2.05, 4.69) is 13.8 Å². The van der Waals surface area contributed by atoms with E-state index in [1.165, 1.54) is 4.90 Å². The van der Waals surface area contributed by atoms with Crippen LogP contribution in [0.15, 0.2) is 0 Å². The molecule has 5 nitrogen and oxygen atoms in total. The first-order valence-corrected chi connectivity index (χ1v) is 7.21. The average Bonchev–Trinajstić information content (AvgIpc) is 2.60. The molecule has 19 heavy (non-hydrogen) atoms. The fourth-order valence-electron chi connectivity index (χ4n) is 2.66. The lowest BCUT2D eigenvalue weighted by molar-refractivity contribution is -0.137. The molecule has 1 fully saturated rings. The van der Waals surface area contributed by atoms with E-state index in [4.69, 9.17) is 5.11 Å². The molecule has 2 amide bonds. The minimum absolute atomic E-state index is 0.130. The molecule has 5 heteroatoms. The third-order valence-corrected chi connectivity index (χ3v) is 3.96. The first-order valence-electron chi connectivity index (χ1n) is 7.21. The number of urea groups is 1. The zero-order valence-electron chi connectivity index (χ0n) is 12.3. The molecule has 0 spiro atoms. The third kappa shape index (κ3) is 4.73. The molecule has 0 aromatic carbocycles. The molecule has 1 atom stereocenters. The van der Waals surface area contributed by atoms with Gasteiger partial charge in [-0.25, -0.2) is 4.79 Å². The molecule has 0 radical (unpaired) electrons. The van der Waals surface area contributed by atoms with Gasteiger partial charge in [0.15, 0.2) is 0 Å². The fraction of sp³-hybridized carbons (Fsp3) is 0.857. The molecule has 1 N–H and O–H groups in total. The van der Waals surface area contributed by atoms with Crippen molar-refractivity contribution >= 4 is 12.0 Å². The summed E-state index contributed by atoms with van der Waals surface area (Å²) in [5.41, 5.74) is 0. The summed E-state index contributed by atoms with van der Waals surface area (Å²) in [4.78, 5) is 26.3. The van der Waals surface area contributed by atoms with E-state index in [0.29, 0.717) is 18.4 Å². The number of likely N-dealkylation sites (N-methyl/N-ethyl adjacent to an activating group) is 1. The Kier molecular flexibility index (Phi) is 6.12. The van der Waals surface area contributed by atoms with E-state index in [1.807, 2.05) is 11.8 Å². The molecule has 1 heterocycles. The lowest BCUT2D eigenvalue weighted by Crippen LogP contribution is -2.45. The monoisotopic (exact) mass is 270 g/mol. The second kappa shape index (κ2) is 7.36. The molecule has 1 unspecified atom stereocenters. The van der Waals surface area contributed by atoms with Gasteiger partial charge in [-0.05, 0) is 38.0 Å². The van der Waals surface area contributed by atoms with Gasteiger partial charge in [0.05, 0.1) is 0 Å². The normalized spacial score (nSPS) is 20.2. The van der Waals surface area contributed by atoms with Gasteiger partial charge in [0.25, 0.3) is 0 Å². The lowest BCUT2D eigenvalue weighted by Gasteiger charge is -2.28. The van der Waals surface area contributed by atoms with E-state index in [-0.39, 0.29) is 12.6 Å². The fourth-order valence-corrected chi connectivity index (χ4v) is 2.66. The van der Waals surface area contributed by atoms with E-state index >= 15 is 0 Å². The number of aliphatic carboxylic acids is 1. The second-order valence-corrected chi connectivity index (χ2v) is 5.61. The summed E-state index contributed by atoms with van der Waals surface area (Å²) in [5.74, 6) is 0.369. The number of nitrogens with zero attached hydrogens (tertiary/aromatic N) is 2. The van der Waals surface area contributed by atoms with Crippen LogP contribution in [0, 0.1) is 11.8 Å². The number of amides is 2. The van der Waals surface area contributed by atoms with Crippen molar-refractivity contribution in [1.29, 1.82) is 0 Å².